The van der Waals surface area contributed by atoms with Crippen LogP contribution in [0.5, 0.6) is 0 Å². The molecule has 7 nitrogen and oxygen atoms in total. The zero-order valence-electron chi connectivity index (χ0n) is 18.2. The smallest absolute Gasteiger partial charge is 0.276 e. The zero-order chi connectivity index (χ0) is 21.6. The first-order valence-electron chi connectivity index (χ1n) is 10.9. The molecule has 1 aliphatic rings. The fourth-order valence-corrected chi connectivity index (χ4v) is 3.84. The Kier molecular flexibility index (Phi) is 6.62. The van der Waals surface area contributed by atoms with Gasteiger partial charge in [0.15, 0.2) is 5.69 Å². The Balaban J connectivity index is 1.35. The van der Waals surface area contributed by atoms with Crippen molar-refractivity contribution in [3.8, 4) is 0 Å². The van der Waals surface area contributed by atoms with Gasteiger partial charge in [0.05, 0.1) is 11.4 Å². The van der Waals surface area contributed by atoms with Crippen LogP contribution in [-0.4, -0.2) is 58.7 Å². The van der Waals surface area contributed by atoms with E-state index in [1.807, 2.05) is 36.7 Å². The van der Waals surface area contributed by atoms with Crippen LogP contribution in [0.25, 0.3) is 0 Å². The average Bonchev–Trinajstić information content (AvgIpc) is 3.30. The van der Waals surface area contributed by atoms with Crippen LogP contribution in [0.4, 0.5) is 11.4 Å². The topological polar surface area (TPSA) is 77.2 Å². The summed E-state index contributed by atoms with van der Waals surface area (Å²) in [6, 6.07) is 14.0. The van der Waals surface area contributed by atoms with Crippen LogP contribution >= 0.6 is 0 Å². The number of carbonyl (C=O) groups excluding carboxylic acids is 1. The number of aromatic amines is 1. The number of benzene rings is 1. The number of piperazine rings is 1. The summed E-state index contributed by atoms with van der Waals surface area (Å²) >= 11 is 0. The summed E-state index contributed by atoms with van der Waals surface area (Å²) in [4.78, 5) is 21.7. The molecule has 1 fully saturated rings. The van der Waals surface area contributed by atoms with Crippen LogP contribution in [0.2, 0.25) is 0 Å². The van der Waals surface area contributed by atoms with Crippen LogP contribution in [-0.2, 0) is 6.42 Å². The molecule has 0 radical (unpaired) electrons. The molecule has 0 spiro atoms. The molecule has 1 aliphatic heterocycles. The van der Waals surface area contributed by atoms with Gasteiger partial charge in [-0.15, -0.1) is 0 Å². The number of hydrogen-bond acceptors (Lipinski definition) is 5. The van der Waals surface area contributed by atoms with Gasteiger partial charge in [0.25, 0.3) is 5.91 Å². The van der Waals surface area contributed by atoms with Crippen LogP contribution < -0.4 is 10.2 Å². The van der Waals surface area contributed by atoms with E-state index in [9.17, 15) is 4.79 Å². The van der Waals surface area contributed by atoms with Gasteiger partial charge < -0.3 is 10.2 Å². The highest BCUT2D eigenvalue weighted by Crippen LogP contribution is 2.27. The molecular formula is C24H30N6O. The molecule has 162 valence electrons. The Hall–Kier alpha value is -3.19. The number of pyridine rings is 1. The third kappa shape index (κ3) is 5.30. The largest absolute Gasteiger partial charge is 0.367 e. The number of H-pyrrole nitrogens is 1. The molecule has 1 aromatic carbocycles. The van der Waals surface area contributed by atoms with Gasteiger partial charge in [-0.2, -0.15) is 5.10 Å². The minimum absolute atomic E-state index is 0.188. The van der Waals surface area contributed by atoms with Crippen molar-refractivity contribution in [1.82, 2.24) is 20.1 Å². The first-order valence-corrected chi connectivity index (χ1v) is 10.9. The predicted molar refractivity (Wildman–Crippen MR) is 124 cm³/mol. The monoisotopic (exact) mass is 418 g/mol. The van der Waals surface area contributed by atoms with Gasteiger partial charge in [0.2, 0.25) is 0 Å². The van der Waals surface area contributed by atoms with Crippen molar-refractivity contribution in [3.05, 3.63) is 71.8 Å². The summed E-state index contributed by atoms with van der Waals surface area (Å²) in [5, 5.41) is 10.2. The number of anilines is 2. The maximum atomic E-state index is 12.7. The van der Waals surface area contributed by atoms with E-state index in [0.717, 1.165) is 56.2 Å². The highest BCUT2D eigenvalue weighted by atomic mass is 16.1. The lowest BCUT2D eigenvalue weighted by Crippen LogP contribution is -2.47. The van der Waals surface area contributed by atoms with E-state index in [1.165, 1.54) is 5.56 Å². The first kappa shape index (κ1) is 21.1. The Labute approximate surface area is 183 Å². The zero-order valence-corrected chi connectivity index (χ0v) is 18.2. The second-order valence-electron chi connectivity index (χ2n) is 8.27. The van der Waals surface area contributed by atoms with Crippen LogP contribution in [0.1, 0.15) is 41.5 Å². The van der Waals surface area contributed by atoms with E-state index < -0.39 is 0 Å². The molecule has 0 saturated carbocycles. The fraction of sp³-hybridized carbons (Fsp3) is 0.375. The number of carbonyl (C=O) groups is 1. The Morgan fingerprint density at radius 1 is 1.10 bits per heavy atom. The van der Waals surface area contributed by atoms with Crippen molar-refractivity contribution >= 4 is 17.3 Å². The maximum absolute atomic E-state index is 12.7. The van der Waals surface area contributed by atoms with Crippen LogP contribution in [0, 0.1) is 0 Å². The van der Waals surface area contributed by atoms with E-state index in [4.69, 9.17) is 0 Å². The number of amides is 1. The van der Waals surface area contributed by atoms with Gasteiger partial charge in [0.1, 0.15) is 0 Å². The van der Waals surface area contributed by atoms with Crippen LogP contribution in [0.15, 0.2) is 54.9 Å². The summed E-state index contributed by atoms with van der Waals surface area (Å²) < 4.78 is 0. The standard InChI is InChI=1S/C24H30N6O/c1-18(2)21-17-22(28-27-21)24(31)26-20-5-3-4-6-23(20)30-15-13-29(14-16-30)12-9-19-7-10-25-11-8-19/h3-8,10-11,17-18H,9,12-16H2,1-2H3,(H,26,31)(H,27,28). The van der Waals surface area contributed by atoms with Crippen molar-refractivity contribution in [1.29, 1.82) is 0 Å². The molecule has 0 aliphatic carbocycles. The molecule has 7 heteroatoms. The second-order valence-corrected chi connectivity index (χ2v) is 8.27. The number of nitrogens with one attached hydrogen (secondary N) is 2. The second kappa shape index (κ2) is 9.75. The molecule has 0 atom stereocenters. The Morgan fingerprint density at radius 2 is 1.84 bits per heavy atom. The maximum Gasteiger partial charge on any atom is 0.276 e. The van der Waals surface area contributed by atoms with Gasteiger partial charge in [-0.1, -0.05) is 26.0 Å². The third-order valence-electron chi connectivity index (χ3n) is 5.78. The molecule has 4 rings (SSSR count). The van der Waals surface area contributed by atoms with Crippen molar-refractivity contribution in [2.75, 3.05) is 42.9 Å². The molecule has 1 amide bonds. The van der Waals surface area contributed by atoms with Crippen molar-refractivity contribution in [2.24, 2.45) is 0 Å². The lowest BCUT2D eigenvalue weighted by Gasteiger charge is -2.37. The molecule has 0 bridgehead atoms. The third-order valence-corrected chi connectivity index (χ3v) is 5.78. The number of aromatic nitrogens is 3. The van der Waals surface area contributed by atoms with Crippen molar-refractivity contribution < 1.29 is 4.79 Å². The lowest BCUT2D eigenvalue weighted by atomic mass is 10.1. The Bertz CT molecular complexity index is 992. The number of nitrogens with zero attached hydrogens (tertiary/aromatic N) is 4. The highest BCUT2D eigenvalue weighted by molar-refractivity contribution is 6.04. The quantitative estimate of drug-likeness (QED) is 0.614. The minimum atomic E-state index is -0.188. The van der Waals surface area contributed by atoms with Gasteiger partial charge in [-0.25, -0.2) is 0 Å². The van der Waals surface area contributed by atoms with Gasteiger partial charge in [-0.05, 0) is 48.2 Å². The summed E-state index contributed by atoms with van der Waals surface area (Å²) in [6.45, 7) is 9.07. The highest BCUT2D eigenvalue weighted by Gasteiger charge is 2.20. The van der Waals surface area contributed by atoms with E-state index in [1.54, 1.807) is 0 Å². The van der Waals surface area contributed by atoms with E-state index in [0.29, 0.717) is 11.6 Å². The predicted octanol–water partition coefficient (Wildman–Crippen LogP) is 3.55. The average molecular weight is 419 g/mol. The summed E-state index contributed by atoms with van der Waals surface area (Å²) in [5.41, 5.74) is 4.58. The normalized spacial score (nSPS) is 14.7. The van der Waals surface area contributed by atoms with Crippen molar-refractivity contribution in [2.45, 2.75) is 26.2 Å². The van der Waals surface area contributed by atoms with E-state index in [-0.39, 0.29) is 5.91 Å². The van der Waals surface area contributed by atoms with Gasteiger partial charge >= 0.3 is 0 Å². The lowest BCUT2D eigenvalue weighted by molar-refractivity contribution is 0.102. The van der Waals surface area contributed by atoms with Gasteiger partial charge in [0, 0.05) is 50.8 Å². The molecule has 0 unspecified atom stereocenters. The number of rotatable bonds is 7. The molecule has 1 saturated heterocycles. The minimum Gasteiger partial charge on any atom is -0.367 e. The summed E-state index contributed by atoms with van der Waals surface area (Å²) in [5.74, 6) is 0.114. The van der Waals surface area contributed by atoms with E-state index in [2.05, 4.69) is 62.3 Å². The van der Waals surface area contributed by atoms with Gasteiger partial charge in [-0.3, -0.25) is 19.8 Å². The summed E-state index contributed by atoms with van der Waals surface area (Å²) in [7, 11) is 0. The fourth-order valence-electron chi connectivity index (χ4n) is 3.84. The SMILES string of the molecule is CC(C)c1cc(C(=O)Nc2ccccc2N2CCN(CCc3ccncc3)CC2)n[nH]1. The Morgan fingerprint density at radius 3 is 2.55 bits per heavy atom. The molecule has 31 heavy (non-hydrogen) atoms. The van der Waals surface area contributed by atoms with Crippen LogP contribution in [0.3, 0.4) is 0 Å². The summed E-state index contributed by atoms with van der Waals surface area (Å²) in [6.07, 6.45) is 4.74. The number of hydrogen-bond donors (Lipinski definition) is 2. The van der Waals surface area contributed by atoms with Crippen molar-refractivity contribution in [3.63, 3.8) is 0 Å². The molecule has 2 aromatic heterocycles. The molecule has 2 N–H and O–H groups in total. The number of para-hydroxylation sites is 2. The molecule has 3 heterocycles. The molecular weight excluding hydrogens is 388 g/mol. The first-order chi connectivity index (χ1) is 15.1. The molecule has 3 aromatic rings. The van der Waals surface area contributed by atoms with E-state index >= 15 is 0 Å².